The van der Waals surface area contributed by atoms with Gasteiger partial charge >= 0.3 is 0 Å². The van der Waals surface area contributed by atoms with Crippen LogP contribution in [0.2, 0.25) is 5.02 Å². The molecule has 2 aromatic heterocycles. The van der Waals surface area contributed by atoms with Crippen molar-refractivity contribution in [3.63, 3.8) is 0 Å². The first-order chi connectivity index (χ1) is 9.65. The third-order valence-electron chi connectivity index (χ3n) is 3.47. The molecule has 0 fully saturated rings. The molecule has 1 N–H and O–H groups in total. The molecule has 0 aromatic carbocycles. The predicted octanol–water partition coefficient (Wildman–Crippen LogP) is 2.96. The molecule has 3 rings (SSSR count). The predicted molar refractivity (Wildman–Crippen MR) is 79.8 cm³/mol. The van der Waals surface area contributed by atoms with Gasteiger partial charge in [0.15, 0.2) is 5.82 Å². The lowest BCUT2D eigenvalue weighted by molar-refractivity contribution is 0.609. The van der Waals surface area contributed by atoms with Crippen molar-refractivity contribution in [3.05, 3.63) is 40.3 Å². The SMILES string of the molecule is CC(C)c1nc(-c2ccc(Cl)cn2)nc2c1CNCC2. The zero-order valence-electron chi connectivity index (χ0n) is 11.7. The van der Waals surface area contributed by atoms with E-state index in [-0.39, 0.29) is 0 Å². The Kier molecular flexibility index (Phi) is 3.68. The number of aromatic nitrogens is 3. The number of fused-ring (bicyclic) bond motifs is 1. The summed E-state index contributed by atoms with van der Waals surface area (Å²) in [5.74, 6) is 1.07. The zero-order chi connectivity index (χ0) is 14.1. The van der Waals surface area contributed by atoms with Crippen molar-refractivity contribution >= 4 is 11.6 Å². The number of hydrogen-bond donors (Lipinski definition) is 1. The summed E-state index contributed by atoms with van der Waals surface area (Å²) in [4.78, 5) is 13.8. The zero-order valence-corrected chi connectivity index (χ0v) is 12.4. The second kappa shape index (κ2) is 5.46. The van der Waals surface area contributed by atoms with Gasteiger partial charge in [-0.05, 0) is 18.1 Å². The molecule has 0 saturated heterocycles. The number of pyridine rings is 1. The smallest absolute Gasteiger partial charge is 0.178 e. The standard InChI is InChI=1S/C15H17ClN4/c1-9(2)14-11-8-17-6-5-12(11)19-15(20-14)13-4-3-10(16)7-18-13/h3-4,7,9,17H,5-6,8H2,1-2H3. The van der Waals surface area contributed by atoms with Crippen LogP contribution < -0.4 is 5.32 Å². The van der Waals surface area contributed by atoms with Crippen molar-refractivity contribution in [1.82, 2.24) is 20.3 Å². The minimum Gasteiger partial charge on any atom is -0.312 e. The summed E-state index contributed by atoms with van der Waals surface area (Å²) in [6.07, 6.45) is 2.58. The summed E-state index contributed by atoms with van der Waals surface area (Å²) in [5.41, 5.74) is 4.30. The van der Waals surface area contributed by atoms with E-state index in [9.17, 15) is 0 Å². The molecule has 0 unspecified atom stereocenters. The molecule has 1 aliphatic heterocycles. The maximum absolute atomic E-state index is 5.88. The van der Waals surface area contributed by atoms with Gasteiger partial charge in [-0.3, -0.25) is 4.98 Å². The Bertz CT molecular complexity index is 623. The highest BCUT2D eigenvalue weighted by atomic mass is 35.5. The number of hydrogen-bond acceptors (Lipinski definition) is 4. The topological polar surface area (TPSA) is 50.7 Å². The van der Waals surface area contributed by atoms with Crippen LogP contribution in [0.5, 0.6) is 0 Å². The summed E-state index contributed by atoms with van der Waals surface area (Å²) in [5, 5.41) is 4.01. The Morgan fingerprint density at radius 2 is 2.10 bits per heavy atom. The van der Waals surface area contributed by atoms with Crippen molar-refractivity contribution in [1.29, 1.82) is 0 Å². The van der Waals surface area contributed by atoms with Crippen LogP contribution in [0.15, 0.2) is 18.3 Å². The molecule has 4 nitrogen and oxygen atoms in total. The monoisotopic (exact) mass is 288 g/mol. The van der Waals surface area contributed by atoms with Gasteiger partial charge in [0.2, 0.25) is 0 Å². The Morgan fingerprint density at radius 3 is 2.80 bits per heavy atom. The average molecular weight is 289 g/mol. The molecule has 20 heavy (non-hydrogen) atoms. The van der Waals surface area contributed by atoms with Crippen LogP contribution in [0.3, 0.4) is 0 Å². The van der Waals surface area contributed by atoms with E-state index < -0.39 is 0 Å². The van der Waals surface area contributed by atoms with E-state index in [1.165, 1.54) is 5.56 Å². The van der Waals surface area contributed by atoms with Crippen LogP contribution in [-0.2, 0) is 13.0 Å². The Labute approximate surface area is 123 Å². The Balaban J connectivity index is 2.12. The molecule has 0 aliphatic carbocycles. The maximum Gasteiger partial charge on any atom is 0.178 e. The van der Waals surface area contributed by atoms with E-state index in [1.807, 2.05) is 12.1 Å². The summed E-state index contributed by atoms with van der Waals surface area (Å²) in [6.45, 7) is 6.15. The molecule has 104 valence electrons. The minimum absolute atomic E-state index is 0.373. The number of rotatable bonds is 2. The Morgan fingerprint density at radius 1 is 1.25 bits per heavy atom. The normalized spacial score (nSPS) is 14.4. The van der Waals surface area contributed by atoms with Crippen LogP contribution in [-0.4, -0.2) is 21.5 Å². The molecule has 0 spiro atoms. The second-order valence-corrected chi connectivity index (χ2v) is 5.74. The highest BCUT2D eigenvalue weighted by Gasteiger charge is 2.20. The van der Waals surface area contributed by atoms with Crippen molar-refractivity contribution in [2.24, 2.45) is 0 Å². The van der Waals surface area contributed by atoms with E-state index in [2.05, 4.69) is 24.1 Å². The van der Waals surface area contributed by atoms with Crippen molar-refractivity contribution in [3.8, 4) is 11.5 Å². The molecule has 0 atom stereocenters. The highest BCUT2D eigenvalue weighted by molar-refractivity contribution is 6.30. The molecule has 0 amide bonds. The molecule has 3 heterocycles. The van der Waals surface area contributed by atoms with Gasteiger partial charge < -0.3 is 5.32 Å². The van der Waals surface area contributed by atoms with E-state index in [1.54, 1.807) is 6.20 Å². The quantitative estimate of drug-likeness (QED) is 0.923. The third kappa shape index (κ3) is 2.53. The summed E-state index contributed by atoms with van der Waals surface area (Å²) in [6, 6.07) is 3.69. The van der Waals surface area contributed by atoms with Crippen LogP contribution in [0.4, 0.5) is 0 Å². The van der Waals surface area contributed by atoms with Crippen LogP contribution in [0, 0.1) is 0 Å². The molecular weight excluding hydrogens is 272 g/mol. The molecule has 5 heteroatoms. The number of nitrogens with one attached hydrogen (secondary N) is 1. The average Bonchev–Trinajstić information content (AvgIpc) is 2.46. The fourth-order valence-corrected chi connectivity index (χ4v) is 2.58. The molecular formula is C15H17ClN4. The number of nitrogens with zero attached hydrogens (tertiary/aromatic N) is 3. The lowest BCUT2D eigenvalue weighted by atomic mass is 9.98. The van der Waals surface area contributed by atoms with Crippen LogP contribution in [0.25, 0.3) is 11.5 Å². The lowest BCUT2D eigenvalue weighted by Gasteiger charge is -2.21. The van der Waals surface area contributed by atoms with Crippen LogP contribution >= 0.6 is 11.6 Å². The fourth-order valence-electron chi connectivity index (χ4n) is 2.47. The van der Waals surface area contributed by atoms with E-state index in [0.717, 1.165) is 36.6 Å². The maximum atomic E-state index is 5.88. The Hall–Kier alpha value is -1.52. The van der Waals surface area contributed by atoms with Gasteiger partial charge in [-0.1, -0.05) is 25.4 Å². The first-order valence-electron chi connectivity index (χ1n) is 6.87. The summed E-state index contributed by atoms with van der Waals surface area (Å²) in [7, 11) is 0. The molecule has 1 aliphatic rings. The van der Waals surface area contributed by atoms with Crippen molar-refractivity contribution in [2.45, 2.75) is 32.7 Å². The molecule has 0 radical (unpaired) electrons. The third-order valence-corrected chi connectivity index (χ3v) is 3.69. The summed E-state index contributed by atoms with van der Waals surface area (Å²) >= 11 is 5.88. The lowest BCUT2D eigenvalue weighted by Crippen LogP contribution is -2.27. The van der Waals surface area contributed by atoms with Gasteiger partial charge in [-0.25, -0.2) is 9.97 Å². The largest absolute Gasteiger partial charge is 0.312 e. The van der Waals surface area contributed by atoms with Gasteiger partial charge in [0.05, 0.1) is 16.4 Å². The van der Waals surface area contributed by atoms with Gasteiger partial charge in [0.25, 0.3) is 0 Å². The number of halogens is 1. The van der Waals surface area contributed by atoms with Crippen molar-refractivity contribution < 1.29 is 0 Å². The van der Waals surface area contributed by atoms with Gasteiger partial charge in [0, 0.05) is 31.3 Å². The molecule has 0 saturated carbocycles. The van der Waals surface area contributed by atoms with E-state index in [4.69, 9.17) is 21.6 Å². The highest BCUT2D eigenvalue weighted by Crippen LogP contribution is 2.25. The summed E-state index contributed by atoms with van der Waals surface area (Å²) < 4.78 is 0. The van der Waals surface area contributed by atoms with Gasteiger partial charge in [-0.2, -0.15) is 0 Å². The van der Waals surface area contributed by atoms with E-state index in [0.29, 0.717) is 16.8 Å². The van der Waals surface area contributed by atoms with Crippen LogP contribution in [0.1, 0.15) is 36.7 Å². The second-order valence-electron chi connectivity index (χ2n) is 5.30. The minimum atomic E-state index is 0.373. The van der Waals surface area contributed by atoms with E-state index >= 15 is 0 Å². The fraction of sp³-hybridized carbons (Fsp3) is 0.400. The molecule has 0 bridgehead atoms. The van der Waals surface area contributed by atoms with Gasteiger partial charge in [0.1, 0.15) is 5.69 Å². The molecule has 2 aromatic rings. The first kappa shape index (κ1) is 13.5. The first-order valence-corrected chi connectivity index (χ1v) is 7.25. The van der Waals surface area contributed by atoms with Gasteiger partial charge in [-0.15, -0.1) is 0 Å². The van der Waals surface area contributed by atoms with Crippen molar-refractivity contribution in [2.75, 3.05) is 6.54 Å².